The van der Waals surface area contributed by atoms with Gasteiger partial charge in [-0.1, -0.05) is 42.5 Å². The molecule has 87 valence electrons. The molecule has 0 aliphatic carbocycles. The first-order valence-electron chi connectivity index (χ1n) is 5.77. The zero-order chi connectivity index (χ0) is 12.5. The molecule has 0 spiro atoms. The number of hydrogen-bond acceptors (Lipinski definition) is 2. The summed E-state index contributed by atoms with van der Waals surface area (Å²) in [5, 5.41) is 0.859. The summed E-state index contributed by atoms with van der Waals surface area (Å²) in [5.41, 5.74) is 2.17. The highest BCUT2D eigenvalue weighted by Gasteiger charge is 2.18. The molecule has 0 saturated heterocycles. The Kier molecular flexibility index (Phi) is 2.49. The molecule has 0 aliphatic rings. The topological polar surface area (TPSA) is 30.2 Å². The van der Waals surface area contributed by atoms with Crippen LogP contribution in [0.5, 0.6) is 0 Å². The number of carbonyl (C=O) groups is 1. The largest absolute Gasteiger partial charge is 0.455 e. The van der Waals surface area contributed by atoms with Gasteiger partial charge in [-0.05, 0) is 19.1 Å². The Balaban J connectivity index is 2.36. The highest BCUT2D eigenvalue weighted by atomic mass is 16.3. The van der Waals surface area contributed by atoms with Crippen molar-refractivity contribution in [3.63, 3.8) is 0 Å². The maximum absolute atomic E-state index is 11.8. The van der Waals surface area contributed by atoms with Gasteiger partial charge in [-0.2, -0.15) is 0 Å². The van der Waals surface area contributed by atoms with Crippen LogP contribution in [0.1, 0.15) is 17.3 Å². The number of fused-ring (bicyclic) bond motifs is 1. The van der Waals surface area contributed by atoms with Gasteiger partial charge in [0, 0.05) is 10.9 Å². The number of furan rings is 1. The number of benzene rings is 2. The van der Waals surface area contributed by atoms with Gasteiger partial charge in [-0.15, -0.1) is 0 Å². The molecule has 1 radical (unpaired) electrons. The maximum atomic E-state index is 11.8. The summed E-state index contributed by atoms with van der Waals surface area (Å²) in [6.45, 7) is 1.56. The average Bonchev–Trinajstić information content (AvgIpc) is 2.79. The van der Waals surface area contributed by atoms with Gasteiger partial charge in [-0.25, -0.2) is 0 Å². The van der Waals surface area contributed by atoms with Crippen LogP contribution >= 0.6 is 0 Å². The van der Waals surface area contributed by atoms with Crippen molar-refractivity contribution in [3.05, 3.63) is 60.2 Å². The smallest absolute Gasteiger partial charge is 0.164 e. The van der Waals surface area contributed by atoms with Crippen molar-refractivity contribution in [1.82, 2.24) is 0 Å². The molecule has 2 aromatic carbocycles. The maximum Gasteiger partial charge on any atom is 0.164 e. The van der Waals surface area contributed by atoms with E-state index in [0.29, 0.717) is 11.3 Å². The van der Waals surface area contributed by atoms with Crippen LogP contribution in [0.15, 0.2) is 52.9 Å². The summed E-state index contributed by atoms with van der Waals surface area (Å²) < 4.78 is 5.79. The number of para-hydroxylation sites is 1. The summed E-state index contributed by atoms with van der Waals surface area (Å²) in [6.07, 6.45) is 0. The number of Topliss-reactive ketones (excluding diaryl/α,β-unsaturated/α-hetero) is 1. The van der Waals surface area contributed by atoms with Crippen molar-refractivity contribution >= 4 is 16.8 Å². The van der Waals surface area contributed by atoms with Gasteiger partial charge >= 0.3 is 0 Å². The number of carbonyl (C=O) groups excluding carboxylic acids is 1. The fourth-order valence-electron chi connectivity index (χ4n) is 2.12. The van der Waals surface area contributed by atoms with E-state index in [1.165, 1.54) is 0 Å². The Morgan fingerprint density at radius 3 is 2.61 bits per heavy atom. The third kappa shape index (κ3) is 1.63. The second-order valence-corrected chi connectivity index (χ2v) is 4.13. The van der Waals surface area contributed by atoms with Gasteiger partial charge in [0.25, 0.3) is 0 Å². The normalized spacial score (nSPS) is 10.7. The summed E-state index contributed by atoms with van der Waals surface area (Å²) in [6, 6.07) is 18.2. The predicted octanol–water partition coefficient (Wildman–Crippen LogP) is 4.10. The van der Waals surface area contributed by atoms with E-state index in [1.54, 1.807) is 6.92 Å². The Bertz CT molecular complexity index is 708. The second-order valence-electron chi connectivity index (χ2n) is 4.13. The van der Waals surface area contributed by atoms with E-state index >= 15 is 0 Å². The minimum atomic E-state index is 0.00667. The zero-order valence-corrected chi connectivity index (χ0v) is 9.94. The van der Waals surface area contributed by atoms with Crippen LogP contribution in [0.2, 0.25) is 0 Å². The molecular formula is C16H11O2. The van der Waals surface area contributed by atoms with Gasteiger partial charge in [0.05, 0.1) is 5.56 Å². The van der Waals surface area contributed by atoms with Crippen molar-refractivity contribution in [2.75, 3.05) is 0 Å². The van der Waals surface area contributed by atoms with E-state index in [4.69, 9.17) is 4.42 Å². The van der Waals surface area contributed by atoms with Crippen molar-refractivity contribution < 1.29 is 9.21 Å². The Morgan fingerprint density at radius 1 is 1.11 bits per heavy atom. The third-order valence-electron chi connectivity index (χ3n) is 2.90. The van der Waals surface area contributed by atoms with Crippen LogP contribution in [-0.4, -0.2) is 5.78 Å². The average molecular weight is 235 g/mol. The molecular weight excluding hydrogens is 224 g/mol. The van der Waals surface area contributed by atoms with E-state index in [9.17, 15) is 4.79 Å². The molecule has 0 bridgehead atoms. The lowest BCUT2D eigenvalue weighted by molar-refractivity contribution is 0.101. The highest BCUT2D eigenvalue weighted by Crippen LogP contribution is 2.33. The van der Waals surface area contributed by atoms with Crippen LogP contribution in [0, 0.1) is 6.07 Å². The third-order valence-corrected chi connectivity index (χ3v) is 2.90. The lowest BCUT2D eigenvalue weighted by atomic mass is 10.0. The van der Waals surface area contributed by atoms with Gasteiger partial charge in [-0.3, -0.25) is 4.79 Å². The van der Waals surface area contributed by atoms with Gasteiger partial charge < -0.3 is 4.42 Å². The Hall–Kier alpha value is -2.35. The van der Waals surface area contributed by atoms with Gasteiger partial charge in [0.2, 0.25) is 0 Å². The summed E-state index contributed by atoms with van der Waals surface area (Å²) in [5.74, 6) is 0.608. The van der Waals surface area contributed by atoms with Crippen molar-refractivity contribution in [2.24, 2.45) is 0 Å². The predicted molar refractivity (Wildman–Crippen MR) is 70.5 cm³/mol. The van der Waals surface area contributed by atoms with Crippen LogP contribution in [-0.2, 0) is 0 Å². The molecule has 0 aliphatic heterocycles. The minimum Gasteiger partial charge on any atom is -0.455 e. The lowest BCUT2D eigenvalue weighted by Crippen LogP contribution is -1.92. The first-order chi connectivity index (χ1) is 8.77. The fraction of sp³-hybridized carbons (Fsp3) is 0.0625. The molecule has 2 nitrogen and oxygen atoms in total. The summed E-state index contributed by atoms with van der Waals surface area (Å²) in [7, 11) is 0. The standard InChI is InChI=1S/C16H11O2/c1-11(17)15-13-9-5-6-10-14(13)18-16(15)12-7-3-2-4-8-12/h2-7,9-10H,1H3. The van der Waals surface area contributed by atoms with Crippen LogP contribution in [0.3, 0.4) is 0 Å². The molecule has 2 heteroatoms. The molecule has 1 heterocycles. The van der Waals surface area contributed by atoms with Crippen molar-refractivity contribution in [3.8, 4) is 11.3 Å². The van der Waals surface area contributed by atoms with E-state index in [0.717, 1.165) is 16.5 Å². The van der Waals surface area contributed by atoms with E-state index in [-0.39, 0.29) is 5.78 Å². The Morgan fingerprint density at radius 2 is 1.89 bits per heavy atom. The highest BCUT2D eigenvalue weighted by molar-refractivity contribution is 6.11. The second kappa shape index (κ2) is 4.15. The molecule has 0 atom stereocenters. The quantitative estimate of drug-likeness (QED) is 0.626. The van der Waals surface area contributed by atoms with Gasteiger partial charge in [0.1, 0.15) is 11.3 Å². The van der Waals surface area contributed by atoms with E-state index < -0.39 is 0 Å². The van der Waals surface area contributed by atoms with E-state index in [2.05, 4.69) is 6.07 Å². The Labute approximate surface area is 105 Å². The monoisotopic (exact) mass is 235 g/mol. The minimum absolute atomic E-state index is 0.00667. The molecule has 0 N–H and O–H groups in total. The van der Waals surface area contributed by atoms with Crippen LogP contribution < -0.4 is 0 Å². The molecule has 18 heavy (non-hydrogen) atoms. The molecule has 0 saturated carbocycles. The first-order valence-corrected chi connectivity index (χ1v) is 5.77. The van der Waals surface area contributed by atoms with Crippen LogP contribution in [0.25, 0.3) is 22.3 Å². The summed E-state index contributed by atoms with van der Waals surface area (Å²) in [4.78, 5) is 11.8. The number of rotatable bonds is 2. The number of ketones is 1. The molecule has 3 rings (SSSR count). The number of hydrogen-bond donors (Lipinski definition) is 0. The van der Waals surface area contributed by atoms with Crippen LogP contribution in [0.4, 0.5) is 0 Å². The summed E-state index contributed by atoms with van der Waals surface area (Å²) >= 11 is 0. The van der Waals surface area contributed by atoms with Crippen molar-refractivity contribution in [1.29, 1.82) is 0 Å². The zero-order valence-electron chi connectivity index (χ0n) is 9.94. The lowest BCUT2D eigenvalue weighted by Gasteiger charge is -1.98. The molecule has 0 unspecified atom stereocenters. The SMILES string of the molecule is CC(=O)c1c(-c2[c]cccc2)oc2ccccc12. The molecule has 1 aromatic heterocycles. The first kappa shape index (κ1) is 10.8. The molecule has 0 fully saturated rings. The van der Waals surface area contributed by atoms with Crippen molar-refractivity contribution in [2.45, 2.75) is 6.92 Å². The molecule has 3 aromatic rings. The van der Waals surface area contributed by atoms with E-state index in [1.807, 2.05) is 48.5 Å². The van der Waals surface area contributed by atoms with Gasteiger partial charge in [0.15, 0.2) is 5.78 Å². The fourth-order valence-corrected chi connectivity index (χ4v) is 2.12. The molecule has 0 amide bonds.